The van der Waals surface area contributed by atoms with Gasteiger partial charge in [0.2, 0.25) is 0 Å². The summed E-state index contributed by atoms with van der Waals surface area (Å²) in [5, 5.41) is 13.0. The summed E-state index contributed by atoms with van der Waals surface area (Å²) in [4.78, 5) is 10.9. The van der Waals surface area contributed by atoms with Gasteiger partial charge in [0.15, 0.2) is 0 Å². The first-order valence-corrected chi connectivity index (χ1v) is 5.20. The predicted octanol–water partition coefficient (Wildman–Crippen LogP) is 0.523. The molecule has 17 heavy (non-hydrogen) atoms. The van der Waals surface area contributed by atoms with E-state index in [4.69, 9.17) is 10.8 Å². The number of hydrogen-bond acceptors (Lipinski definition) is 3. The molecule has 2 rings (SSSR count). The molecule has 3 N–H and O–H groups in total. The van der Waals surface area contributed by atoms with Crippen molar-refractivity contribution in [2.45, 2.75) is 13.2 Å². The van der Waals surface area contributed by atoms with Crippen LogP contribution in [0.1, 0.15) is 21.5 Å². The summed E-state index contributed by atoms with van der Waals surface area (Å²) in [6, 6.07) is 7.54. The quantitative estimate of drug-likeness (QED) is 0.805. The standard InChI is InChI=1S/C12H13N3O2/c13-12(17)11-5-14-15(7-11)6-9-1-3-10(8-16)4-2-9/h1-5,7,16H,6,8H2,(H2,13,17). The van der Waals surface area contributed by atoms with Crippen LogP contribution in [-0.4, -0.2) is 20.8 Å². The zero-order valence-corrected chi connectivity index (χ0v) is 9.21. The highest BCUT2D eigenvalue weighted by atomic mass is 16.3. The fourth-order valence-corrected chi connectivity index (χ4v) is 1.51. The summed E-state index contributed by atoms with van der Waals surface area (Å²) in [5.41, 5.74) is 7.45. The normalized spacial score (nSPS) is 10.4. The highest BCUT2D eigenvalue weighted by Gasteiger charge is 2.04. The number of rotatable bonds is 4. The van der Waals surface area contributed by atoms with E-state index >= 15 is 0 Å². The Bertz CT molecular complexity index is 517. The molecule has 0 aliphatic carbocycles. The average Bonchev–Trinajstić information content (AvgIpc) is 2.79. The van der Waals surface area contributed by atoms with Crippen molar-refractivity contribution in [1.82, 2.24) is 9.78 Å². The Hall–Kier alpha value is -2.14. The summed E-state index contributed by atoms with van der Waals surface area (Å²) >= 11 is 0. The molecule has 0 spiro atoms. The molecule has 0 radical (unpaired) electrons. The van der Waals surface area contributed by atoms with Gasteiger partial charge in [-0.05, 0) is 11.1 Å². The Labute approximate surface area is 98.5 Å². The van der Waals surface area contributed by atoms with E-state index in [1.54, 1.807) is 10.9 Å². The molecule has 0 fully saturated rings. The molecule has 1 heterocycles. The van der Waals surface area contributed by atoms with Gasteiger partial charge in [0, 0.05) is 6.20 Å². The first kappa shape index (κ1) is 11.3. The summed E-state index contributed by atoms with van der Waals surface area (Å²) in [6.07, 6.45) is 3.06. The molecule has 0 aliphatic heterocycles. The van der Waals surface area contributed by atoms with Crippen LogP contribution in [0, 0.1) is 0 Å². The number of aromatic nitrogens is 2. The molecule has 0 atom stereocenters. The number of hydrogen-bond donors (Lipinski definition) is 2. The molecule has 1 amide bonds. The molecule has 0 saturated carbocycles. The van der Waals surface area contributed by atoms with Gasteiger partial charge in [-0.15, -0.1) is 0 Å². The summed E-state index contributed by atoms with van der Waals surface area (Å²) < 4.78 is 1.65. The third-order valence-corrected chi connectivity index (χ3v) is 2.47. The molecule has 88 valence electrons. The van der Waals surface area contributed by atoms with Gasteiger partial charge in [-0.2, -0.15) is 5.10 Å². The van der Waals surface area contributed by atoms with Crippen LogP contribution in [-0.2, 0) is 13.2 Å². The van der Waals surface area contributed by atoms with Crippen LogP contribution in [0.2, 0.25) is 0 Å². The molecular formula is C12H13N3O2. The number of aliphatic hydroxyl groups excluding tert-OH is 1. The average molecular weight is 231 g/mol. The van der Waals surface area contributed by atoms with Gasteiger partial charge in [0.05, 0.1) is 24.9 Å². The fraction of sp³-hybridized carbons (Fsp3) is 0.167. The number of carbonyl (C=O) groups excluding carboxylic acids is 1. The molecule has 0 unspecified atom stereocenters. The van der Waals surface area contributed by atoms with Crippen LogP contribution in [0.3, 0.4) is 0 Å². The van der Waals surface area contributed by atoms with Gasteiger partial charge < -0.3 is 10.8 Å². The van der Waals surface area contributed by atoms with E-state index in [0.717, 1.165) is 11.1 Å². The number of amides is 1. The van der Waals surface area contributed by atoms with Crippen molar-refractivity contribution < 1.29 is 9.90 Å². The van der Waals surface area contributed by atoms with E-state index in [9.17, 15) is 4.79 Å². The van der Waals surface area contributed by atoms with Gasteiger partial charge >= 0.3 is 0 Å². The summed E-state index contributed by atoms with van der Waals surface area (Å²) in [7, 11) is 0. The van der Waals surface area contributed by atoms with Gasteiger partial charge in [0.1, 0.15) is 0 Å². The van der Waals surface area contributed by atoms with Crippen LogP contribution in [0.5, 0.6) is 0 Å². The minimum Gasteiger partial charge on any atom is -0.392 e. The maximum absolute atomic E-state index is 10.9. The van der Waals surface area contributed by atoms with Crippen LogP contribution >= 0.6 is 0 Å². The fourth-order valence-electron chi connectivity index (χ4n) is 1.51. The molecular weight excluding hydrogens is 218 g/mol. The first-order valence-electron chi connectivity index (χ1n) is 5.20. The highest BCUT2D eigenvalue weighted by Crippen LogP contribution is 2.06. The lowest BCUT2D eigenvalue weighted by atomic mass is 10.1. The smallest absolute Gasteiger partial charge is 0.251 e. The third kappa shape index (κ3) is 2.70. The third-order valence-electron chi connectivity index (χ3n) is 2.47. The van der Waals surface area contributed by atoms with Crippen LogP contribution in [0.25, 0.3) is 0 Å². The molecule has 0 saturated heterocycles. The van der Waals surface area contributed by atoms with Gasteiger partial charge in [-0.3, -0.25) is 9.48 Å². The zero-order valence-electron chi connectivity index (χ0n) is 9.21. The van der Waals surface area contributed by atoms with Crippen molar-refractivity contribution in [3.05, 3.63) is 53.3 Å². The number of benzene rings is 1. The Morgan fingerprint density at radius 3 is 2.47 bits per heavy atom. The van der Waals surface area contributed by atoms with Crippen LogP contribution in [0.4, 0.5) is 0 Å². The second-order valence-corrected chi connectivity index (χ2v) is 3.77. The number of nitrogens with two attached hydrogens (primary N) is 1. The Morgan fingerprint density at radius 2 is 1.94 bits per heavy atom. The molecule has 1 aromatic heterocycles. The number of carbonyl (C=O) groups is 1. The van der Waals surface area contributed by atoms with Gasteiger partial charge in [-0.25, -0.2) is 0 Å². The molecule has 0 bridgehead atoms. The monoisotopic (exact) mass is 231 g/mol. The molecule has 2 aromatic rings. The number of primary amides is 1. The van der Waals surface area contributed by atoms with Crippen LogP contribution in [0.15, 0.2) is 36.7 Å². The molecule has 1 aromatic carbocycles. The second-order valence-electron chi connectivity index (χ2n) is 3.77. The van der Waals surface area contributed by atoms with Gasteiger partial charge in [-0.1, -0.05) is 24.3 Å². The maximum atomic E-state index is 10.9. The van der Waals surface area contributed by atoms with Gasteiger partial charge in [0.25, 0.3) is 5.91 Å². The second kappa shape index (κ2) is 4.80. The van der Waals surface area contributed by atoms with Crippen molar-refractivity contribution in [3.63, 3.8) is 0 Å². The SMILES string of the molecule is NC(=O)c1cnn(Cc2ccc(CO)cc2)c1. The van der Waals surface area contributed by atoms with E-state index in [0.29, 0.717) is 12.1 Å². The predicted molar refractivity (Wildman–Crippen MR) is 62.2 cm³/mol. The summed E-state index contributed by atoms with van der Waals surface area (Å²) in [6.45, 7) is 0.604. The van der Waals surface area contributed by atoms with Crippen molar-refractivity contribution in [1.29, 1.82) is 0 Å². The largest absolute Gasteiger partial charge is 0.392 e. The number of nitrogens with zero attached hydrogens (tertiary/aromatic N) is 2. The minimum atomic E-state index is -0.480. The Balaban J connectivity index is 2.11. The van der Waals surface area contributed by atoms with Crippen molar-refractivity contribution >= 4 is 5.91 Å². The lowest BCUT2D eigenvalue weighted by Crippen LogP contribution is -2.09. The summed E-state index contributed by atoms with van der Waals surface area (Å²) in [5.74, 6) is -0.480. The Morgan fingerprint density at radius 1 is 1.29 bits per heavy atom. The topological polar surface area (TPSA) is 81.1 Å². The van der Waals surface area contributed by atoms with E-state index in [1.807, 2.05) is 24.3 Å². The first-order chi connectivity index (χ1) is 8.19. The van der Waals surface area contributed by atoms with Crippen molar-refractivity contribution in [2.24, 2.45) is 5.73 Å². The van der Waals surface area contributed by atoms with Crippen molar-refractivity contribution in [2.75, 3.05) is 0 Å². The lowest BCUT2D eigenvalue weighted by molar-refractivity contribution is 0.1000. The van der Waals surface area contributed by atoms with E-state index in [-0.39, 0.29) is 6.61 Å². The number of aliphatic hydroxyl groups is 1. The highest BCUT2D eigenvalue weighted by molar-refractivity contribution is 5.92. The zero-order chi connectivity index (χ0) is 12.3. The lowest BCUT2D eigenvalue weighted by Gasteiger charge is -2.02. The molecule has 5 nitrogen and oxygen atoms in total. The molecule has 5 heteroatoms. The van der Waals surface area contributed by atoms with E-state index in [1.165, 1.54) is 6.20 Å². The Kier molecular flexibility index (Phi) is 3.20. The minimum absolute atomic E-state index is 0.0356. The van der Waals surface area contributed by atoms with Crippen LogP contribution < -0.4 is 5.73 Å². The maximum Gasteiger partial charge on any atom is 0.251 e. The van der Waals surface area contributed by atoms with E-state index < -0.39 is 5.91 Å². The molecule has 0 aliphatic rings. The van der Waals surface area contributed by atoms with E-state index in [2.05, 4.69) is 5.10 Å². The van der Waals surface area contributed by atoms with Crippen molar-refractivity contribution in [3.8, 4) is 0 Å².